The van der Waals surface area contributed by atoms with Crippen LogP contribution in [-0.2, 0) is 9.53 Å². The van der Waals surface area contributed by atoms with Crippen molar-refractivity contribution in [1.29, 1.82) is 0 Å². The SMILES string of the molecule is COC(=O)[C@]1(C)CCC[C@@]2(C)[C@@H]3CC[C@H]4C[C@@]3(CC[C@@H]21)C[C@@H]4C1NCCCN1. The molecule has 0 unspecified atom stereocenters. The van der Waals surface area contributed by atoms with Crippen LogP contribution in [0.25, 0.3) is 0 Å². The van der Waals surface area contributed by atoms with Crippen molar-refractivity contribution in [2.24, 2.45) is 39.9 Å². The van der Waals surface area contributed by atoms with Gasteiger partial charge in [0.1, 0.15) is 0 Å². The monoisotopic (exact) mass is 388 g/mol. The summed E-state index contributed by atoms with van der Waals surface area (Å²) >= 11 is 0. The van der Waals surface area contributed by atoms with Gasteiger partial charge in [-0.25, -0.2) is 0 Å². The zero-order valence-corrected chi connectivity index (χ0v) is 18.2. The molecule has 0 amide bonds. The zero-order valence-electron chi connectivity index (χ0n) is 18.2. The molecule has 2 bridgehead atoms. The van der Waals surface area contributed by atoms with Gasteiger partial charge in [-0.15, -0.1) is 0 Å². The van der Waals surface area contributed by atoms with E-state index in [0.29, 0.717) is 22.9 Å². The fourth-order valence-corrected chi connectivity index (χ4v) is 9.34. The van der Waals surface area contributed by atoms with Crippen molar-refractivity contribution in [1.82, 2.24) is 10.6 Å². The van der Waals surface area contributed by atoms with Crippen LogP contribution in [0.1, 0.15) is 78.1 Å². The quantitative estimate of drug-likeness (QED) is 0.700. The Hall–Kier alpha value is -0.610. The van der Waals surface area contributed by atoms with E-state index in [1.54, 1.807) is 7.11 Å². The topological polar surface area (TPSA) is 50.4 Å². The van der Waals surface area contributed by atoms with Gasteiger partial charge in [0.15, 0.2) is 0 Å². The van der Waals surface area contributed by atoms with Crippen molar-refractivity contribution >= 4 is 5.97 Å². The third kappa shape index (κ3) is 2.59. The molecule has 1 spiro atoms. The second kappa shape index (κ2) is 6.70. The van der Waals surface area contributed by atoms with Crippen LogP contribution in [0.4, 0.5) is 0 Å². The minimum atomic E-state index is -0.273. The first-order valence-corrected chi connectivity index (χ1v) is 12.0. The molecule has 5 aliphatic rings. The molecule has 4 nitrogen and oxygen atoms in total. The molecule has 0 aromatic heterocycles. The molecule has 28 heavy (non-hydrogen) atoms. The molecule has 1 aliphatic heterocycles. The van der Waals surface area contributed by atoms with Crippen LogP contribution >= 0.6 is 0 Å². The first-order chi connectivity index (χ1) is 13.4. The van der Waals surface area contributed by atoms with E-state index in [1.165, 1.54) is 70.9 Å². The van der Waals surface area contributed by atoms with Gasteiger partial charge in [-0.05, 0) is 112 Å². The Morgan fingerprint density at radius 2 is 1.71 bits per heavy atom. The van der Waals surface area contributed by atoms with Crippen molar-refractivity contribution in [3.8, 4) is 0 Å². The molecule has 1 saturated heterocycles. The lowest BCUT2D eigenvalue weighted by Crippen LogP contribution is -2.58. The maximum absolute atomic E-state index is 12.8. The standard InChI is InChI=1S/C24H40N2O2/c1-22-9-4-10-23(2,21(27)28-3)18(22)8-11-24-14-16(6-7-19(22)24)17(15-24)20-25-12-5-13-26-20/h16-20,25-26H,4-15H2,1-3H3/t16-,17-,18-,19-,22+,23+,24-/m0/s1. The third-order valence-corrected chi connectivity index (χ3v) is 10.3. The second-order valence-electron chi connectivity index (χ2n) is 11.4. The molecule has 4 aliphatic carbocycles. The molecule has 158 valence electrons. The second-order valence-corrected chi connectivity index (χ2v) is 11.4. The van der Waals surface area contributed by atoms with E-state index in [4.69, 9.17) is 4.74 Å². The van der Waals surface area contributed by atoms with Crippen molar-refractivity contribution in [2.75, 3.05) is 20.2 Å². The molecule has 0 aromatic carbocycles. The van der Waals surface area contributed by atoms with Gasteiger partial charge in [0.2, 0.25) is 0 Å². The minimum Gasteiger partial charge on any atom is -0.469 e. The number of hydrogen-bond acceptors (Lipinski definition) is 4. The number of methoxy groups -OCH3 is 1. The van der Waals surface area contributed by atoms with E-state index in [0.717, 1.165) is 24.2 Å². The van der Waals surface area contributed by atoms with Crippen LogP contribution in [0.3, 0.4) is 0 Å². The van der Waals surface area contributed by atoms with Gasteiger partial charge in [0.25, 0.3) is 0 Å². The summed E-state index contributed by atoms with van der Waals surface area (Å²) in [6, 6.07) is 0. The van der Waals surface area contributed by atoms with Crippen LogP contribution in [0.15, 0.2) is 0 Å². The molecule has 2 N–H and O–H groups in total. The van der Waals surface area contributed by atoms with E-state index in [2.05, 4.69) is 24.5 Å². The van der Waals surface area contributed by atoms with E-state index >= 15 is 0 Å². The van der Waals surface area contributed by atoms with Crippen molar-refractivity contribution in [3.63, 3.8) is 0 Å². The average molecular weight is 389 g/mol. The Balaban J connectivity index is 1.44. The molecular weight excluding hydrogens is 348 g/mol. The normalized spacial score (nSPS) is 51.2. The number of carbonyl (C=O) groups excluding carboxylic acids is 1. The van der Waals surface area contributed by atoms with Crippen LogP contribution < -0.4 is 10.6 Å². The highest BCUT2D eigenvalue weighted by Crippen LogP contribution is 2.72. The molecule has 5 rings (SSSR count). The number of hydrogen-bond donors (Lipinski definition) is 2. The number of fused-ring (bicyclic) bond motifs is 3. The Labute approximate surface area is 170 Å². The number of rotatable bonds is 2. The summed E-state index contributed by atoms with van der Waals surface area (Å²) in [5, 5.41) is 7.59. The molecule has 5 fully saturated rings. The summed E-state index contributed by atoms with van der Waals surface area (Å²) < 4.78 is 5.32. The maximum atomic E-state index is 12.8. The highest BCUT2D eigenvalue weighted by molar-refractivity contribution is 5.77. The summed E-state index contributed by atoms with van der Waals surface area (Å²) in [6.07, 6.45) is 13.5. The van der Waals surface area contributed by atoms with E-state index in [1.807, 2.05) is 0 Å². The summed E-state index contributed by atoms with van der Waals surface area (Å²) in [6.45, 7) is 7.13. The molecule has 7 atom stereocenters. The number of nitrogens with one attached hydrogen (secondary N) is 2. The summed E-state index contributed by atoms with van der Waals surface area (Å²) in [7, 11) is 1.58. The smallest absolute Gasteiger partial charge is 0.311 e. The Kier molecular flexibility index (Phi) is 4.63. The number of ether oxygens (including phenoxy) is 1. The van der Waals surface area contributed by atoms with Crippen LogP contribution in [-0.4, -0.2) is 32.3 Å². The lowest BCUT2D eigenvalue weighted by atomic mass is 9.41. The minimum absolute atomic E-state index is 0.0490. The third-order valence-electron chi connectivity index (χ3n) is 10.3. The molecule has 4 saturated carbocycles. The highest BCUT2D eigenvalue weighted by Gasteiger charge is 2.66. The number of carbonyl (C=O) groups is 1. The maximum Gasteiger partial charge on any atom is 0.311 e. The fourth-order valence-electron chi connectivity index (χ4n) is 9.34. The molecule has 0 radical (unpaired) electrons. The first-order valence-electron chi connectivity index (χ1n) is 12.0. The first kappa shape index (κ1) is 19.4. The van der Waals surface area contributed by atoms with Gasteiger partial charge in [-0.1, -0.05) is 13.3 Å². The van der Waals surface area contributed by atoms with Gasteiger partial charge in [0, 0.05) is 0 Å². The molecule has 0 aromatic rings. The zero-order chi connectivity index (χ0) is 19.6. The van der Waals surface area contributed by atoms with Crippen molar-refractivity contribution < 1.29 is 9.53 Å². The van der Waals surface area contributed by atoms with Gasteiger partial charge in [-0.2, -0.15) is 0 Å². The largest absolute Gasteiger partial charge is 0.469 e. The summed E-state index contributed by atoms with van der Waals surface area (Å²) in [4.78, 5) is 12.8. The predicted octanol–water partition coefficient (Wildman–Crippen LogP) is 4.10. The van der Waals surface area contributed by atoms with Gasteiger partial charge in [0.05, 0.1) is 18.7 Å². The molecule has 4 heteroatoms. The van der Waals surface area contributed by atoms with E-state index < -0.39 is 0 Å². The Morgan fingerprint density at radius 1 is 0.929 bits per heavy atom. The van der Waals surface area contributed by atoms with Gasteiger partial charge >= 0.3 is 5.97 Å². The lowest BCUT2D eigenvalue weighted by Gasteiger charge is -2.63. The van der Waals surface area contributed by atoms with Crippen molar-refractivity contribution in [3.05, 3.63) is 0 Å². The molecule has 1 heterocycles. The predicted molar refractivity (Wildman–Crippen MR) is 111 cm³/mol. The highest BCUT2D eigenvalue weighted by atomic mass is 16.5. The van der Waals surface area contributed by atoms with Crippen LogP contribution in [0, 0.1) is 39.9 Å². The van der Waals surface area contributed by atoms with Crippen LogP contribution in [0.5, 0.6) is 0 Å². The van der Waals surface area contributed by atoms with Gasteiger partial charge in [-0.3, -0.25) is 4.79 Å². The number of esters is 1. The van der Waals surface area contributed by atoms with E-state index in [-0.39, 0.29) is 11.4 Å². The van der Waals surface area contributed by atoms with Crippen molar-refractivity contribution in [2.45, 2.75) is 84.2 Å². The Bertz CT molecular complexity index is 632. The van der Waals surface area contributed by atoms with E-state index in [9.17, 15) is 4.79 Å². The van der Waals surface area contributed by atoms with Gasteiger partial charge < -0.3 is 15.4 Å². The average Bonchev–Trinajstić information content (AvgIpc) is 2.98. The summed E-state index contributed by atoms with van der Waals surface area (Å²) in [5.74, 6) is 3.05. The summed E-state index contributed by atoms with van der Waals surface area (Å²) in [5.41, 5.74) is 0.575. The fraction of sp³-hybridized carbons (Fsp3) is 0.958. The lowest BCUT2D eigenvalue weighted by molar-refractivity contribution is -0.183. The Morgan fingerprint density at radius 3 is 2.46 bits per heavy atom. The molecular formula is C24H40N2O2. The van der Waals surface area contributed by atoms with Crippen LogP contribution in [0.2, 0.25) is 0 Å².